The predicted molar refractivity (Wildman–Crippen MR) is 88.5 cm³/mol. The van der Waals surface area contributed by atoms with Crippen LogP contribution < -0.4 is 10.2 Å². The zero-order valence-corrected chi connectivity index (χ0v) is 14.1. The molecule has 0 fully saturated rings. The average molecular weight is 386 g/mol. The topological polar surface area (TPSA) is 49.4 Å². The van der Waals surface area contributed by atoms with Gasteiger partial charge >= 0.3 is 0 Å². The molecule has 0 spiro atoms. The number of ketones is 1. The van der Waals surface area contributed by atoms with Gasteiger partial charge in [-0.3, -0.25) is 9.59 Å². The Morgan fingerprint density at radius 2 is 2.10 bits per heavy atom. The number of fused-ring (bicyclic) bond motifs is 1. The third-order valence-corrected chi connectivity index (χ3v) is 5.07. The maximum absolute atomic E-state index is 11.7. The molecule has 108 valence electrons. The van der Waals surface area contributed by atoms with Crippen LogP contribution in [0.3, 0.4) is 0 Å². The average Bonchev–Trinajstić information content (AvgIpc) is 2.95. The van der Waals surface area contributed by atoms with E-state index in [1.54, 1.807) is 12.1 Å². The van der Waals surface area contributed by atoms with Gasteiger partial charge in [0, 0.05) is 16.4 Å². The van der Waals surface area contributed by atoms with E-state index in [1.807, 2.05) is 24.1 Å². The maximum atomic E-state index is 11.7. The van der Waals surface area contributed by atoms with Gasteiger partial charge in [-0.05, 0) is 40.2 Å². The predicted octanol–water partition coefficient (Wildman–Crippen LogP) is 3.94. The first kappa shape index (κ1) is 14.6. The molecule has 21 heavy (non-hydrogen) atoms. The molecule has 3 rings (SSSR count). The molecular weight excluding hydrogens is 376 g/mol. The third-order valence-electron chi connectivity index (χ3n) is 3.22. The molecule has 4 nitrogen and oxygen atoms in total. The quantitative estimate of drug-likeness (QED) is 0.814. The Morgan fingerprint density at radius 1 is 1.33 bits per heavy atom. The standard InChI is InChI=1S/C14H10BrClN2O2S/c1-18(6-7-2-3-12(16)21-7)11-5-10-8(4-9(11)15)13(19)14(20)17-10/h2-5H,6H2,1H3,(H,17,19,20). The molecule has 0 bridgehead atoms. The molecule has 1 aromatic heterocycles. The fourth-order valence-corrected chi connectivity index (χ4v) is 3.99. The molecule has 1 amide bonds. The molecule has 1 N–H and O–H groups in total. The lowest BCUT2D eigenvalue weighted by Crippen LogP contribution is -2.16. The van der Waals surface area contributed by atoms with Crippen LogP contribution in [0.2, 0.25) is 4.34 Å². The number of hydrogen-bond donors (Lipinski definition) is 1. The van der Waals surface area contributed by atoms with Crippen molar-refractivity contribution in [2.24, 2.45) is 0 Å². The second-order valence-electron chi connectivity index (χ2n) is 4.69. The molecule has 0 atom stereocenters. The van der Waals surface area contributed by atoms with Gasteiger partial charge in [-0.1, -0.05) is 11.6 Å². The van der Waals surface area contributed by atoms with Crippen LogP contribution >= 0.6 is 38.9 Å². The summed E-state index contributed by atoms with van der Waals surface area (Å²) >= 11 is 10.9. The highest BCUT2D eigenvalue weighted by Crippen LogP contribution is 2.36. The lowest BCUT2D eigenvalue weighted by molar-refractivity contribution is -0.112. The van der Waals surface area contributed by atoms with Gasteiger partial charge in [-0.25, -0.2) is 0 Å². The van der Waals surface area contributed by atoms with Crippen LogP contribution in [0.4, 0.5) is 11.4 Å². The van der Waals surface area contributed by atoms with Crippen molar-refractivity contribution in [2.75, 3.05) is 17.3 Å². The zero-order valence-electron chi connectivity index (χ0n) is 10.9. The second-order valence-corrected chi connectivity index (χ2v) is 7.35. The number of halogens is 2. The van der Waals surface area contributed by atoms with Crippen LogP contribution in [0.1, 0.15) is 15.2 Å². The maximum Gasteiger partial charge on any atom is 0.296 e. The smallest absolute Gasteiger partial charge is 0.296 e. The fourth-order valence-electron chi connectivity index (χ4n) is 2.20. The van der Waals surface area contributed by atoms with E-state index in [-0.39, 0.29) is 0 Å². The summed E-state index contributed by atoms with van der Waals surface area (Å²) < 4.78 is 1.53. The van der Waals surface area contributed by atoms with E-state index in [9.17, 15) is 9.59 Å². The van der Waals surface area contributed by atoms with Crippen molar-refractivity contribution in [1.29, 1.82) is 0 Å². The Kier molecular flexibility index (Phi) is 3.77. The van der Waals surface area contributed by atoms with Crippen molar-refractivity contribution in [3.8, 4) is 0 Å². The van der Waals surface area contributed by atoms with Crippen LogP contribution in [-0.2, 0) is 11.3 Å². The molecule has 1 aromatic carbocycles. The fraction of sp³-hybridized carbons (Fsp3) is 0.143. The van der Waals surface area contributed by atoms with E-state index in [0.717, 1.165) is 19.4 Å². The van der Waals surface area contributed by atoms with Gasteiger partial charge < -0.3 is 10.2 Å². The lowest BCUT2D eigenvalue weighted by atomic mass is 10.1. The number of Topliss-reactive ketones (excluding diaryl/α,β-unsaturated/α-hetero) is 1. The third kappa shape index (κ3) is 2.71. The zero-order chi connectivity index (χ0) is 15.1. The van der Waals surface area contributed by atoms with Gasteiger partial charge in [-0.2, -0.15) is 0 Å². The minimum absolute atomic E-state index is 0.406. The number of nitrogens with zero attached hydrogens (tertiary/aromatic N) is 1. The van der Waals surface area contributed by atoms with Crippen LogP contribution in [0.15, 0.2) is 28.7 Å². The van der Waals surface area contributed by atoms with Crippen molar-refractivity contribution < 1.29 is 9.59 Å². The minimum atomic E-state index is -0.582. The van der Waals surface area contributed by atoms with Gasteiger partial charge in [0.2, 0.25) is 0 Å². The number of carbonyl (C=O) groups excluding carboxylic acids is 2. The van der Waals surface area contributed by atoms with Crippen molar-refractivity contribution in [3.05, 3.63) is 43.5 Å². The molecule has 0 aliphatic carbocycles. The van der Waals surface area contributed by atoms with E-state index < -0.39 is 11.7 Å². The summed E-state index contributed by atoms with van der Waals surface area (Å²) in [6.07, 6.45) is 0. The lowest BCUT2D eigenvalue weighted by Gasteiger charge is -2.20. The molecule has 7 heteroatoms. The molecular formula is C14H10BrClN2O2S. The number of rotatable bonds is 3. The largest absolute Gasteiger partial charge is 0.368 e. The number of anilines is 2. The first-order valence-corrected chi connectivity index (χ1v) is 8.09. The van der Waals surface area contributed by atoms with Crippen LogP contribution in [0.25, 0.3) is 0 Å². The summed E-state index contributed by atoms with van der Waals surface area (Å²) in [5.41, 5.74) is 1.86. The van der Waals surface area contributed by atoms with Gasteiger partial charge in [0.15, 0.2) is 0 Å². The van der Waals surface area contributed by atoms with E-state index >= 15 is 0 Å². The SMILES string of the molecule is CN(Cc1ccc(Cl)s1)c1cc2c(cc1Br)C(=O)C(=O)N2. The first-order valence-electron chi connectivity index (χ1n) is 6.10. The minimum Gasteiger partial charge on any atom is -0.368 e. The van der Waals surface area contributed by atoms with Crippen molar-refractivity contribution in [2.45, 2.75) is 6.54 Å². The number of thiophene rings is 1. The Labute approximate surface area is 138 Å². The normalized spacial score (nSPS) is 13.3. The molecule has 2 aromatic rings. The van der Waals surface area contributed by atoms with Crippen molar-refractivity contribution >= 4 is 61.9 Å². The van der Waals surface area contributed by atoms with Crippen LogP contribution in [-0.4, -0.2) is 18.7 Å². The van der Waals surface area contributed by atoms with Crippen LogP contribution in [0.5, 0.6) is 0 Å². The molecule has 0 saturated carbocycles. The number of hydrogen-bond acceptors (Lipinski definition) is 4. The van der Waals surface area contributed by atoms with Gasteiger partial charge in [0.1, 0.15) is 0 Å². The summed E-state index contributed by atoms with van der Waals surface area (Å²) in [6, 6.07) is 7.34. The Morgan fingerprint density at radius 3 is 2.76 bits per heavy atom. The summed E-state index contributed by atoms with van der Waals surface area (Å²) in [5, 5.41) is 2.58. The summed E-state index contributed by atoms with van der Waals surface area (Å²) in [6.45, 7) is 0.691. The summed E-state index contributed by atoms with van der Waals surface area (Å²) in [4.78, 5) is 26.2. The highest BCUT2D eigenvalue weighted by atomic mass is 79.9. The van der Waals surface area contributed by atoms with E-state index in [4.69, 9.17) is 11.6 Å². The molecule has 0 radical (unpaired) electrons. The number of amides is 1. The van der Waals surface area contributed by atoms with Gasteiger partial charge in [-0.15, -0.1) is 11.3 Å². The first-order chi connectivity index (χ1) is 9.95. The number of benzene rings is 1. The van der Waals surface area contributed by atoms with Gasteiger partial charge in [0.05, 0.1) is 27.8 Å². The van der Waals surface area contributed by atoms with E-state index in [1.165, 1.54) is 11.3 Å². The summed E-state index contributed by atoms with van der Waals surface area (Å²) in [5.74, 6) is -1.08. The monoisotopic (exact) mass is 384 g/mol. The number of carbonyl (C=O) groups is 2. The highest BCUT2D eigenvalue weighted by Gasteiger charge is 2.29. The van der Waals surface area contributed by atoms with E-state index in [2.05, 4.69) is 21.2 Å². The summed E-state index contributed by atoms with van der Waals surface area (Å²) in [7, 11) is 1.94. The Balaban J connectivity index is 1.91. The van der Waals surface area contributed by atoms with Gasteiger partial charge in [0.25, 0.3) is 11.7 Å². The molecule has 1 aliphatic heterocycles. The highest BCUT2D eigenvalue weighted by molar-refractivity contribution is 9.10. The number of nitrogens with one attached hydrogen (secondary N) is 1. The molecule has 2 heterocycles. The molecule has 1 aliphatic rings. The Bertz CT molecular complexity index is 759. The molecule has 0 unspecified atom stereocenters. The Hall–Kier alpha value is -1.37. The van der Waals surface area contributed by atoms with Crippen LogP contribution in [0, 0.1) is 0 Å². The van der Waals surface area contributed by atoms with E-state index in [0.29, 0.717) is 17.8 Å². The molecule has 0 saturated heterocycles. The van der Waals surface area contributed by atoms with Crippen molar-refractivity contribution in [1.82, 2.24) is 0 Å². The van der Waals surface area contributed by atoms with Crippen molar-refractivity contribution in [3.63, 3.8) is 0 Å². The second kappa shape index (κ2) is 5.44.